The Labute approximate surface area is 196 Å². The average Bonchev–Trinajstić information content (AvgIpc) is 2.86. The fourth-order valence-corrected chi connectivity index (χ4v) is 3.01. The van der Waals surface area contributed by atoms with Gasteiger partial charge in [0, 0.05) is 19.1 Å². The Balaban J connectivity index is 1.41. The van der Waals surface area contributed by atoms with Crippen molar-refractivity contribution in [3.05, 3.63) is 82.9 Å². The number of amides is 3. The predicted molar refractivity (Wildman–Crippen MR) is 118 cm³/mol. The largest absolute Gasteiger partial charge is 0.482 e. The predicted octanol–water partition coefficient (Wildman–Crippen LogP) is 1.37. The van der Waals surface area contributed by atoms with Gasteiger partial charge in [0.15, 0.2) is 6.61 Å². The first-order chi connectivity index (χ1) is 17.1. The molecular weight excluding hydrogens is 442 g/mol. The van der Waals surface area contributed by atoms with E-state index in [1.54, 1.807) is 18.2 Å². The van der Waals surface area contributed by atoms with Gasteiger partial charge in [-0.3, -0.25) is 14.4 Å². The maximum Gasteiger partial charge on any atom is 0.335 e. The highest BCUT2D eigenvalue weighted by Gasteiger charge is 2.17. The summed E-state index contributed by atoms with van der Waals surface area (Å²) in [5.74, 6) is -2.42. The normalized spacial score (nSPS) is 13.4. The molecule has 3 aromatic rings. The van der Waals surface area contributed by atoms with Gasteiger partial charge in [-0.1, -0.05) is 18.2 Å². The molecule has 11 nitrogen and oxygen atoms in total. The molecule has 0 bridgehead atoms. The molecule has 0 atom stereocenters. The fraction of sp³-hybridized carbons (Fsp3) is 0.130. The molecule has 0 aliphatic carbocycles. The van der Waals surface area contributed by atoms with Gasteiger partial charge in [0.1, 0.15) is 23.5 Å². The van der Waals surface area contributed by atoms with Crippen LogP contribution in [0.25, 0.3) is 0 Å². The van der Waals surface area contributed by atoms with Crippen LogP contribution in [-0.2, 0) is 17.8 Å². The van der Waals surface area contributed by atoms with E-state index in [9.17, 15) is 19.2 Å². The Kier molecular flexibility index (Phi) is 5.71. The summed E-state index contributed by atoms with van der Waals surface area (Å²) in [6, 6.07) is 11.1. The molecule has 0 fully saturated rings. The number of anilines is 1. The standard InChI is InChI=1S/C23H19N5O6/c29-20-11-34-19-6-3-14(7-16(19)28-20)10-25-22(31)18-8-17(26-12-27-18)21(30)24-9-13-1-4-15(5-2-13)23(32)33/h1-8,12H,9-11H2,(H,24,30)(H,25,31)(H,28,29)(H,32,33)/i9D2. The van der Waals surface area contributed by atoms with E-state index in [1.807, 2.05) is 0 Å². The second-order valence-electron chi connectivity index (χ2n) is 7.10. The van der Waals surface area contributed by atoms with Crippen LogP contribution in [0.5, 0.6) is 5.75 Å². The SMILES string of the molecule is [2H]C([2H])(NC(=O)c1cc(C(=O)NCc2ccc3c(c2)NC(=O)CO3)ncn1)c1ccc(C(=O)O)cc1. The third kappa shape index (κ3) is 5.33. The van der Waals surface area contributed by atoms with E-state index in [-0.39, 0.29) is 41.6 Å². The molecule has 1 aromatic heterocycles. The van der Waals surface area contributed by atoms with Gasteiger partial charge in [-0.15, -0.1) is 0 Å². The van der Waals surface area contributed by atoms with E-state index in [0.717, 1.165) is 12.4 Å². The number of benzene rings is 2. The molecule has 2 aromatic carbocycles. The van der Waals surface area contributed by atoms with Gasteiger partial charge >= 0.3 is 5.97 Å². The summed E-state index contributed by atoms with van der Waals surface area (Å²) in [5, 5.41) is 16.5. The topological polar surface area (TPSA) is 160 Å². The molecule has 3 amide bonds. The Morgan fingerprint density at radius 1 is 1.00 bits per heavy atom. The molecule has 0 spiro atoms. The molecule has 0 radical (unpaired) electrons. The highest BCUT2D eigenvalue weighted by Crippen LogP contribution is 2.28. The highest BCUT2D eigenvalue weighted by atomic mass is 16.5. The number of fused-ring (bicyclic) bond motifs is 1. The summed E-state index contributed by atoms with van der Waals surface area (Å²) in [6.07, 6.45) is 1.01. The first-order valence-electron chi connectivity index (χ1n) is 10.9. The Morgan fingerprint density at radius 2 is 1.68 bits per heavy atom. The van der Waals surface area contributed by atoms with E-state index in [1.165, 1.54) is 24.3 Å². The van der Waals surface area contributed by atoms with Gasteiger partial charge in [0.05, 0.1) is 14.0 Å². The van der Waals surface area contributed by atoms with Crippen LogP contribution < -0.4 is 20.7 Å². The minimum absolute atomic E-state index is 0.0270. The fourth-order valence-electron chi connectivity index (χ4n) is 3.01. The van der Waals surface area contributed by atoms with Crippen LogP contribution in [0.15, 0.2) is 54.9 Å². The Bertz CT molecular complexity index is 1360. The first-order valence-corrected chi connectivity index (χ1v) is 9.94. The van der Waals surface area contributed by atoms with E-state index in [2.05, 4.69) is 25.9 Å². The lowest BCUT2D eigenvalue weighted by molar-refractivity contribution is -0.118. The number of aromatic carboxylic acids is 1. The van der Waals surface area contributed by atoms with Crippen molar-refractivity contribution in [2.24, 2.45) is 0 Å². The zero-order valence-corrected chi connectivity index (χ0v) is 17.5. The first kappa shape index (κ1) is 19.9. The third-order valence-electron chi connectivity index (χ3n) is 4.71. The zero-order chi connectivity index (χ0) is 25.9. The van der Waals surface area contributed by atoms with E-state index in [0.29, 0.717) is 17.0 Å². The second-order valence-corrected chi connectivity index (χ2v) is 7.10. The molecule has 1 aliphatic rings. The molecule has 172 valence electrons. The van der Waals surface area contributed by atoms with Gasteiger partial charge in [-0.25, -0.2) is 14.8 Å². The van der Waals surface area contributed by atoms with E-state index in [4.69, 9.17) is 12.6 Å². The molecule has 0 saturated heterocycles. The molecule has 2 heterocycles. The number of hydrogen-bond acceptors (Lipinski definition) is 7. The number of rotatable bonds is 7. The van der Waals surface area contributed by atoms with Crippen LogP contribution in [-0.4, -0.2) is 45.4 Å². The van der Waals surface area contributed by atoms with Gasteiger partial charge in [0.25, 0.3) is 17.7 Å². The van der Waals surface area contributed by atoms with Crippen LogP contribution in [0, 0.1) is 0 Å². The Morgan fingerprint density at radius 3 is 2.38 bits per heavy atom. The van der Waals surface area contributed by atoms with E-state index < -0.39 is 24.3 Å². The molecule has 1 aliphatic heterocycles. The molecule has 4 rings (SSSR count). The number of carboxylic acids is 1. The summed E-state index contributed by atoms with van der Waals surface area (Å²) < 4.78 is 21.6. The number of nitrogens with one attached hydrogen (secondary N) is 3. The average molecular weight is 463 g/mol. The minimum atomic E-state index is -2.34. The number of carbonyl (C=O) groups excluding carboxylic acids is 3. The molecule has 4 N–H and O–H groups in total. The van der Waals surface area contributed by atoms with E-state index >= 15 is 0 Å². The quantitative estimate of drug-likeness (QED) is 0.409. The molecule has 34 heavy (non-hydrogen) atoms. The molecular formula is C23H19N5O6. The lowest BCUT2D eigenvalue weighted by Gasteiger charge is -2.18. The smallest absolute Gasteiger partial charge is 0.335 e. The highest BCUT2D eigenvalue weighted by molar-refractivity contribution is 5.97. The number of ether oxygens (including phenoxy) is 1. The maximum absolute atomic E-state index is 12.6. The summed E-state index contributed by atoms with van der Waals surface area (Å²) in [4.78, 5) is 55.3. The van der Waals surface area contributed by atoms with Crippen molar-refractivity contribution in [1.82, 2.24) is 20.6 Å². The number of carboxylic acid groups (broad SMARTS) is 1. The number of aromatic nitrogens is 2. The summed E-state index contributed by atoms with van der Waals surface area (Å²) >= 11 is 0. The number of hydrogen-bond donors (Lipinski definition) is 4. The van der Waals surface area contributed by atoms with Crippen LogP contribution in [0.1, 0.15) is 45.2 Å². The van der Waals surface area contributed by atoms with Gasteiger partial charge in [-0.05, 0) is 35.4 Å². The third-order valence-corrected chi connectivity index (χ3v) is 4.71. The Hall–Kier alpha value is -4.80. The van der Waals surface area contributed by atoms with Crippen molar-refractivity contribution in [2.75, 3.05) is 11.9 Å². The molecule has 11 heteroatoms. The van der Waals surface area contributed by atoms with Crippen molar-refractivity contribution in [3.8, 4) is 5.75 Å². The summed E-state index contributed by atoms with van der Waals surface area (Å²) in [5.41, 5.74) is 0.819. The van der Waals surface area contributed by atoms with Crippen molar-refractivity contribution in [2.45, 2.75) is 13.0 Å². The van der Waals surface area contributed by atoms with Crippen LogP contribution >= 0.6 is 0 Å². The number of carbonyl (C=O) groups is 4. The maximum atomic E-state index is 12.6. The summed E-state index contributed by atoms with van der Waals surface area (Å²) in [7, 11) is 0. The van der Waals surface area contributed by atoms with Crippen molar-refractivity contribution < 1.29 is 31.8 Å². The zero-order valence-electron chi connectivity index (χ0n) is 19.5. The summed E-state index contributed by atoms with van der Waals surface area (Å²) in [6.45, 7) is -2.30. The lowest BCUT2D eigenvalue weighted by Crippen LogP contribution is -2.27. The van der Waals surface area contributed by atoms with Crippen molar-refractivity contribution in [1.29, 1.82) is 0 Å². The van der Waals surface area contributed by atoms with Gasteiger partial charge in [-0.2, -0.15) is 0 Å². The van der Waals surface area contributed by atoms with Gasteiger partial charge in [0.2, 0.25) is 0 Å². The molecule has 0 unspecified atom stereocenters. The minimum Gasteiger partial charge on any atom is -0.482 e. The van der Waals surface area contributed by atoms with Crippen molar-refractivity contribution >= 4 is 29.4 Å². The van der Waals surface area contributed by atoms with Crippen LogP contribution in [0.3, 0.4) is 0 Å². The van der Waals surface area contributed by atoms with Crippen LogP contribution in [0.2, 0.25) is 0 Å². The van der Waals surface area contributed by atoms with Crippen molar-refractivity contribution in [3.63, 3.8) is 0 Å². The lowest BCUT2D eigenvalue weighted by atomic mass is 10.1. The second kappa shape index (κ2) is 9.77. The monoisotopic (exact) mass is 463 g/mol. The van der Waals surface area contributed by atoms with Crippen LogP contribution in [0.4, 0.5) is 5.69 Å². The number of nitrogens with zero attached hydrogens (tertiary/aromatic N) is 2. The van der Waals surface area contributed by atoms with Gasteiger partial charge < -0.3 is 25.8 Å². The molecule has 0 saturated carbocycles.